The van der Waals surface area contributed by atoms with Crippen molar-refractivity contribution < 1.29 is 23.5 Å². The number of hydrogen-bond donors (Lipinski definition) is 3. The molecule has 192 valence electrons. The number of carbonyl (C=O) groups is 3. The number of hydrogen-bond acceptors (Lipinski definition) is 5. The molecule has 0 bridgehead atoms. The van der Waals surface area contributed by atoms with Crippen LogP contribution in [0.5, 0.6) is 0 Å². The Hall–Kier alpha value is -4.44. The maximum Gasteiger partial charge on any atom is 0.412 e. The lowest BCUT2D eigenvalue weighted by Crippen LogP contribution is -2.54. The molecule has 1 fully saturated rings. The first-order valence-electron chi connectivity index (χ1n) is 11.8. The number of nitrogens with two attached hydrogens (primary N) is 1. The molecular formula is C27H28FN5O4. The van der Waals surface area contributed by atoms with Crippen LogP contribution in [0.15, 0.2) is 78.9 Å². The maximum absolute atomic E-state index is 13.6. The Bertz CT molecular complexity index is 1260. The highest BCUT2D eigenvalue weighted by atomic mass is 19.1. The van der Waals surface area contributed by atoms with Crippen LogP contribution in [0.25, 0.3) is 0 Å². The van der Waals surface area contributed by atoms with E-state index >= 15 is 0 Å². The maximum atomic E-state index is 13.6. The van der Waals surface area contributed by atoms with Gasteiger partial charge < -0.3 is 21.1 Å². The number of ether oxygens (including phenoxy) is 1. The topological polar surface area (TPSA) is 117 Å². The van der Waals surface area contributed by atoms with Crippen molar-refractivity contribution in [2.75, 3.05) is 18.4 Å². The standard InChI is InChI=1S/C27H28FN5O4/c28-22-10-5-11-23(15-22)31-26(35)32-12-13-33(27(36)37-18-19-6-2-1-3-7-19)25(32)24(34)30-17-21-9-4-8-20(14-21)16-29/h1-11,14-15,25H,12-13,16-18,29H2,(H,30,34)(H,31,35). The highest BCUT2D eigenvalue weighted by molar-refractivity contribution is 5.95. The zero-order chi connectivity index (χ0) is 26.2. The summed E-state index contributed by atoms with van der Waals surface area (Å²) in [7, 11) is 0. The predicted octanol–water partition coefficient (Wildman–Crippen LogP) is 3.41. The molecule has 3 aromatic carbocycles. The minimum atomic E-state index is -1.26. The van der Waals surface area contributed by atoms with E-state index in [1.165, 1.54) is 34.1 Å². The van der Waals surface area contributed by atoms with Gasteiger partial charge in [-0.2, -0.15) is 0 Å². The van der Waals surface area contributed by atoms with E-state index in [0.29, 0.717) is 6.54 Å². The van der Waals surface area contributed by atoms with E-state index in [1.54, 1.807) is 0 Å². The Morgan fingerprint density at radius 2 is 1.59 bits per heavy atom. The molecule has 1 unspecified atom stereocenters. The summed E-state index contributed by atoms with van der Waals surface area (Å²) in [6, 6.07) is 21.3. The summed E-state index contributed by atoms with van der Waals surface area (Å²) in [5.41, 5.74) is 8.45. The third kappa shape index (κ3) is 6.62. The quantitative estimate of drug-likeness (QED) is 0.455. The predicted molar refractivity (Wildman–Crippen MR) is 135 cm³/mol. The summed E-state index contributed by atoms with van der Waals surface area (Å²) < 4.78 is 19.0. The largest absolute Gasteiger partial charge is 0.444 e. The molecule has 10 heteroatoms. The molecule has 1 aliphatic heterocycles. The average molecular weight is 506 g/mol. The lowest BCUT2D eigenvalue weighted by Gasteiger charge is -2.28. The van der Waals surface area contributed by atoms with E-state index in [2.05, 4.69) is 10.6 Å². The summed E-state index contributed by atoms with van der Waals surface area (Å²) >= 11 is 0. The van der Waals surface area contributed by atoms with E-state index < -0.39 is 30.0 Å². The molecule has 3 aromatic rings. The fourth-order valence-corrected chi connectivity index (χ4v) is 4.03. The normalized spacial score (nSPS) is 14.8. The number of rotatable bonds is 7. The number of nitrogens with one attached hydrogen (secondary N) is 2. The minimum Gasteiger partial charge on any atom is -0.444 e. The highest BCUT2D eigenvalue weighted by Gasteiger charge is 2.43. The first kappa shape index (κ1) is 25.6. The lowest BCUT2D eigenvalue weighted by atomic mass is 10.1. The molecule has 1 saturated heterocycles. The van der Waals surface area contributed by atoms with Crippen LogP contribution in [0, 0.1) is 5.82 Å². The number of carbonyl (C=O) groups excluding carboxylic acids is 3. The van der Waals surface area contributed by atoms with Gasteiger partial charge in [-0.25, -0.2) is 14.0 Å². The molecule has 37 heavy (non-hydrogen) atoms. The van der Waals surface area contributed by atoms with Gasteiger partial charge in [0.25, 0.3) is 5.91 Å². The van der Waals surface area contributed by atoms with Crippen molar-refractivity contribution in [1.82, 2.24) is 15.1 Å². The fraction of sp³-hybridized carbons (Fsp3) is 0.222. The molecule has 4 amide bonds. The van der Waals surface area contributed by atoms with E-state index in [9.17, 15) is 18.8 Å². The van der Waals surface area contributed by atoms with Crippen molar-refractivity contribution in [2.45, 2.75) is 25.9 Å². The zero-order valence-corrected chi connectivity index (χ0v) is 20.1. The SMILES string of the molecule is NCc1cccc(CNC(=O)C2N(C(=O)Nc3cccc(F)c3)CCN2C(=O)OCc2ccccc2)c1. The Labute approximate surface area is 214 Å². The van der Waals surface area contributed by atoms with Crippen molar-refractivity contribution in [2.24, 2.45) is 5.73 Å². The van der Waals surface area contributed by atoms with Crippen molar-refractivity contribution in [3.63, 3.8) is 0 Å². The van der Waals surface area contributed by atoms with Crippen molar-refractivity contribution in [3.05, 3.63) is 101 Å². The average Bonchev–Trinajstić information content (AvgIpc) is 3.37. The first-order chi connectivity index (χ1) is 17.9. The zero-order valence-electron chi connectivity index (χ0n) is 20.1. The number of amides is 4. The lowest BCUT2D eigenvalue weighted by molar-refractivity contribution is -0.128. The van der Waals surface area contributed by atoms with Gasteiger partial charge in [0.1, 0.15) is 12.4 Å². The molecule has 0 radical (unpaired) electrons. The second-order valence-corrected chi connectivity index (χ2v) is 8.48. The third-order valence-electron chi connectivity index (χ3n) is 5.88. The van der Waals surface area contributed by atoms with Crippen LogP contribution in [0.1, 0.15) is 16.7 Å². The van der Waals surface area contributed by atoms with Crippen LogP contribution in [0.4, 0.5) is 19.7 Å². The molecule has 9 nitrogen and oxygen atoms in total. The highest BCUT2D eigenvalue weighted by Crippen LogP contribution is 2.20. The first-order valence-corrected chi connectivity index (χ1v) is 11.8. The second-order valence-electron chi connectivity index (χ2n) is 8.48. The van der Waals surface area contributed by atoms with E-state index in [4.69, 9.17) is 10.5 Å². The number of nitrogens with zero attached hydrogens (tertiary/aromatic N) is 2. The summed E-state index contributed by atoms with van der Waals surface area (Å²) in [6.07, 6.45) is -1.98. The number of benzene rings is 3. The second kappa shape index (κ2) is 12.0. The van der Waals surface area contributed by atoms with Crippen LogP contribution >= 0.6 is 0 Å². The van der Waals surface area contributed by atoms with Gasteiger partial charge in [-0.3, -0.25) is 14.6 Å². The molecule has 0 aromatic heterocycles. The smallest absolute Gasteiger partial charge is 0.412 e. The number of halogens is 1. The van der Waals surface area contributed by atoms with Crippen molar-refractivity contribution in [3.8, 4) is 0 Å². The van der Waals surface area contributed by atoms with Crippen molar-refractivity contribution in [1.29, 1.82) is 0 Å². The van der Waals surface area contributed by atoms with Gasteiger partial charge in [-0.05, 0) is 34.9 Å². The molecule has 0 aliphatic carbocycles. The van der Waals surface area contributed by atoms with E-state index in [-0.39, 0.29) is 31.9 Å². The molecule has 0 spiro atoms. The monoisotopic (exact) mass is 505 g/mol. The molecule has 1 atom stereocenters. The Kier molecular flexibility index (Phi) is 8.32. The number of urea groups is 1. The molecule has 0 saturated carbocycles. The molecule has 1 heterocycles. The third-order valence-corrected chi connectivity index (χ3v) is 5.88. The fourth-order valence-electron chi connectivity index (χ4n) is 4.03. The summed E-state index contributed by atoms with van der Waals surface area (Å²) in [6.45, 7) is 0.730. The van der Waals surface area contributed by atoms with Crippen LogP contribution in [0.3, 0.4) is 0 Å². The summed E-state index contributed by atoms with van der Waals surface area (Å²) in [5.74, 6) is -1.07. The summed E-state index contributed by atoms with van der Waals surface area (Å²) in [5, 5.41) is 5.39. The van der Waals surface area contributed by atoms with Gasteiger partial charge >= 0.3 is 12.1 Å². The van der Waals surface area contributed by atoms with Gasteiger partial charge in [0, 0.05) is 31.9 Å². The van der Waals surface area contributed by atoms with E-state index in [1.807, 2.05) is 54.6 Å². The van der Waals surface area contributed by atoms with Crippen LogP contribution in [-0.4, -0.2) is 47.1 Å². The van der Waals surface area contributed by atoms with Crippen molar-refractivity contribution >= 4 is 23.7 Å². The molecule has 4 rings (SSSR count). The van der Waals surface area contributed by atoms with Gasteiger partial charge in [-0.1, -0.05) is 60.7 Å². The Morgan fingerprint density at radius 1 is 0.892 bits per heavy atom. The van der Waals surface area contributed by atoms with Crippen LogP contribution in [0.2, 0.25) is 0 Å². The van der Waals surface area contributed by atoms with E-state index in [0.717, 1.165) is 16.7 Å². The van der Waals surface area contributed by atoms with Gasteiger partial charge in [0.15, 0.2) is 6.17 Å². The molecule has 4 N–H and O–H groups in total. The van der Waals surface area contributed by atoms with Gasteiger partial charge in [0.2, 0.25) is 0 Å². The summed E-state index contributed by atoms with van der Waals surface area (Å²) in [4.78, 5) is 41.8. The Balaban J connectivity index is 1.49. The van der Waals surface area contributed by atoms with Crippen LogP contribution in [-0.2, 0) is 29.2 Å². The van der Waals surface area contributed by atoms with Gasteiger partial charge in [0.05, 0.1) is 0 Å². The molecule has 1 aliphatic rings. The Morgan fingerprint density at radius 3 is 2.35 bits per heavy atom. The molecular weight excluding hydrogens is 477 g/mol. The number of anilines is 1. The minimum absolute atomic E-state index is 0.0197. The van der Waals surface area contributed by atoms with Crippen LogP contribution < -0.4 is 16.4 Å². The van der Waals surface area contributed by atoms with Gasteiger partial charge in [-0.15, -0.1) is 0 Å².